The Bertz CT molecular complexity index is 850. The van der Waals surface area contributed by atoms with Crippen molar-refractivity contribution < 1.29 is 19.1 Å². The monoisotopic (exact) mass is 424 g/mol. The molecule has 2 fully saturated rings. The largest absolute Gasteiger partial charge is 0.497 e. The molecule has 4 unspecified atom stereocenters. The number of carbonyl (C=O) groups is 3. The summed E-state index contributed by atoms with van der Waals surface area (Å²) in [6.45, 7) is 5.33. The van der Waals surface area contributed by atoms with Gasteiger partial charge in [0.15, 0.2) is 0 Å². The van der Waals surface area contributed by atoms with Gasteiger partial charge in [-0.2, -0.15) is 0 Å². The molecule has 2 heterocycles. The van der Waals surface area contributed by atoms with E-state index >= 15 is 0 Å². The molecule has 1 aromatic carbocycles. The summed E-state index contributed by atoms with van der Waals surface area (Å²) in [5.41, 5.74) is 1.18. The van der Waals surface area contributed by atoms with Crippen molar-refractivity contribution in [3.05, 3.63) is 42.0 Å². The smallest absolute Gasteiger partial charge is 0.245 e. The number of benzene rings is 1. The number of methoxy groups -OCH3 is 1. The highest BCUT2D eigenvalue weighted by Crippen LogP contribution is 2.38. The van der Waals surface area contributed by atoms with Gasteiger partial charge in [0.05, 0.1) is 18.9 Å². The molecule has 0 bridgehead atoms. The molecule has 0 saturated carbocycles. The number of allylic oxidation sites excluding steroid dienone is 2. The van der Waals surface area contributed by atoms with Gasteiger partial charge in [-0.1, -0.05) is 38.1 Å². The Kier molecular flexibility index (Phi) is 6.17. The fourth-order valence-electron chi connectivity index (χ4n) is 5.22. The second-order valence-corrected chi connectivity index (χ2v) is 9.39. The first-order chi connectivity index (χ1) is 14.9. The molecular formula is C25H32N2O4. The van der Waals surface area contributed by atoms with Crippen molar-refractivity contribution in [1.82, 2.24) is 9.80 Å². The Labute approximate surface area is 184 Å². The van der Waals surface area contributed by atoms with E-state index in [1.54, 1.807) is 7.11 Å². The number of amides is 3. The zero-order valence-corrected chi connectivity index (χ0v) is 18.6. The van der Waals surface area contributed by atoms with Gasteiger partial charge in [-0.3, -0.25) is 19.3 Å². The number of hydrogen-bond donors (Lipinski definition) is 0. The van der Waals surface area contributed by atoms with E-state index in [1.807, 2.05) is 55.2 Å². The van der Waals surface area contributed by atoms with Crippen LogP contribution < -0.4 is 4.74 Å². The topological polar surface area (TPSA) is 66.9 Å². The van der Waals surface area contributed by atoms with E-state index in [1.165, 1.54) is 10.5 Å². The van der Waals surface area contributed by atoms with E-state index in [-0.39, 0.29) is 41.4 Å². The van der Waals surface area contributed by atoms with Crippen LogP contribution in [-0.2, 0) is 14.4 Å². The van der Waals surface area contributed by atoms with Crippen LogP contribution >= 0.6 is 0 Å². The summed E-state index contributed by atoms with van der Waals surface area (Å²) < 4.78 is 5.24. The number of nitrogens with zero attached hydrogens (tertiary/aromatic N) is 2. The third-order valence-electron chi connectivity index (χ3n) is 6.92. The van der Waals surface area contributed by atoms with Crippen molar-refractivity contribution in [3.63, 3.8) is 0 Å². The quantitative estimate of drug-likeness (QED) is 0.519. The molecule has 4 rings (SSSR count). The molecule has 6 nitrogen and oxygen atoms in total. The lowest BCUT2D eigenvalue weighted by atomic mass is 9.85. The molecule has 0 N–H and O–H groups in total. The summed E-state index contributed by atoms with van der Waals surface area (Å²) >= 11 is 0. The molecule has 1 aliphatic carbocycles. The normalized spacial score (nSPS) is 26.5. The lowest BCUT2D eigenvalue weighted by Gasteiger charge is -2.31. The highest BCUT2D eigenvalue weighted by atomic mass is 16.5. The van der Waals surface area contributed by atoms with E-state index < -0.39 is 6.04 Å². The van der Waals surface area contributed by atoms with Crippen LogP contribution in [0.1, 0.15) is 51.0 Å². The number of likely N-dealkylation sites (tertiary alicyclic amines) is 2. The molecular weight excluding hydrogens is 392 g/mol. The second kappa shape index (κ2) is 8.85. The van der Waals surface area contributed by atoms with Gasteiger partial charge in [0.25, 0.3) is 0 Å². The maximum Gasteiger partial charge on any atom is 0.245 e. The number of carbonyl (C=O) groups excluding carboxylic acids is 3. The molecule has 0 spiro atoms. The third kappa shape index (κ3) is 4.12. The number of rotatable bonds is 6. The SMILES string of the molecule is COc1ccc(C2CCN(C(=O)C(CC(C)C)N3C(=O)C4CC=CCC4C3=O)C2)cc1. The maximum atomic E-state index is 13.6. The number of ether oxygens (including phenoxy) is 1. The van der Waals surface area contributed by atoms with E-state index in [0.29, 0.717) is 32.4 Å². The highest BCUT2D eigenvalue weighted by Gasteiger charge is 2.52. The number of imide groups is 1. The summed E-state index contributed by atoms with van der Waals surface area (Å²) in [5, 5.41) is 0. The molecule has 166 valence electrons. The molecule has 3 aliphatic rings. The highest BCUT2D eigenvalue weighted by molar-refractivity contribution is 6.08. The van der Waals surface area contributed by atoms with Crippen molar-refractivity contribution in [1.29, 1.82) is 0 Å². The van der Waals surface area contributed by atoms with Gasteiger partial charge < -0.3 is 9.64 Å². The van der Waals surface area contributed by atoms with Crippen molar-refractivity contribution in [2.45, 2.75) is 51.5 Å². The first-order valence-corrected chi connectivity index (χ1v) is 11.3. The summed E-state index contributed by atoms with van der Waals surface area (Å²) in [7, 11) is 1.65. The summed E-state index contributed by atoms with van der Waals surface area (Å²) in [6, 6.07) is 7.29. The van der Waals surface area contributed by atoms with E-state index in [4.69, 9.17) is 4.74 Å². The average molecular weight is 425 g/mol. The summed E-state index contributed by atoms with van der Waals surface area (Å²) in [4.78, 5) is 43.0. The second-order valence-electron chi connectivity index (χ2n) is 9.39. The maximum absolute atomic E-state index is 13.6. The minimum Gasteiger partial charge on any atom is -0.497 e. The van der Waals surface area contributed by atoms with Crippen LogP contribution in [0.3, 0.4) is 0 Å². The molecule has 0 aromatic heterocycles. The predicted octanol–water partition coefficient (Wildman–Crippen LogP) is 3.38. The van der Waals surface area contributed by atoms with Crippen LogP contribution in [0.2, 0.25) is 0 Å². The Balaban J connectivity index is 1.51. The van der Waals surface area contributed by atoms with E-state index in [0.717, 1.165) is 12.2 Å². The minimum atomic E-state index is -0.694. The van der Waals surface area contributed by atoms with Crippen LogP contribution in [0.5, 0.6) is 5.75 Å². The van der Waals surface area contributed by atoms with Crippen LogP contribution in [-0.4, -0.2) is 53.8 Å². The first kappa shape index (κ1) is 21.6. The molecule has 2 aliphatic heterocycles. The molecule has 1 aromatic rings. The van der Waals surface area contributed by atoms with Crippen LogP contribution in [0.4, 0.5) is 0 Å². The Hall–Kier alpha value is -2.63. The minimum absolute atomic E-state index is 0.0852. The number of fused-ring (bicyclic) bond motifs is 1. The average Bonchev–Trinajstić information content (AvgIpc) is 3.36. The van der Waals surface area contributed by atoms with E-state index in [2.05, 4.69) is 0 Å². The molecule has 2 saturated heterocycles. The Morgan fingerprint density at radius 2 is 1.68 bits per heavy atom. The Morgan fingerprint density at radius 3 is 2.23 bits per heavy atom. The van der Waals surface area contributed by atoms with Gasteiger partial charge in [0.1, 0.15) is 11.8 Å². The molecule has 6 heteroatoms. The zero-order valence-electron chi connectivity index (χ0n) is 18.6. The van der Waals surface area contributed by atoms with Gasteiger partial charge in [0, 0.05) is 19.0 Å². The molecule has 3 amide bonds. The van der Waals surface area contributed by atoms with Crippen molar-refractivity contribution in [2.24, 2.45) is 17.8 Å². The fraction of sp³-hybridized carbons (Fsp3) is 0.560. The van der Waals surface area contributed by atoms with Crippen molar-refractivity contribution >= 4 is 17.7 Å². The predicted molar refractivity (Wildman–Crippen MR) is 117 cm³/mol. The van der Waals surface area contributed by atoms with Crippen molar-refractivity contribution in [3.8, 4) is 5.75 Å². The molecule has 31 heavy (non-hydrogen) atoms. The standard InChI is InChI=1S/C25H32N2O4/c1-16(2)14-22(27-23(28)20-6-4-5-7-21(20)24(27)29)25(30)26-13-12-18(15-26)17-8-10-19(31-3)11-9-17/h4-5,8-11,16,18,20-22H,6-7,12-15H2,1-3H3. The van der Waals surface area contributed by atoms with Gasteiger partial charge >= 0.3 is 0 Å². The summed E-state index contributed by atoms with van der Waals surface area (Å²) in [5.74, 6) is 0.262. The van der Waals surface area contributed by atoms with Crippen LogP contribution in [0.15, 0.2) is 36.4 Å². The molecule has 0 radical (unpaired) electrons. The van der Waals surface area contributed by atoms with Crippen molar-refractivity contribution in [2.75, 3.05) is 20.2 Å². The number of hydrogen-bond acceptors (Lipinski definition) is 4. The lowest BCUT2D eigenvalue weighted by Crippen LogP contribution is -2.51. The van der Waals surface area contributed by atoms with Crippen LogP contribution in [0, 0.1) is 17.8 Å². The Morgan fingerprint density at radius 1 is 1.06 bits per heavy atom. The van der Waals surface area contributed by atoms with Gasteiger partial charge in [-0.25, -0.2) is 0 Å². The lowest BCUT2D eigenvalue weighted by molar-refractivity contribution is -0.151. The van der Waals surface area contributed by atoms with Gasteiger partial charge in [-0.05, 0) is 49.3 Å². The van der Waals surface area contributed by atoms with Crippen LogP contribution in [0.25, 0.3) is 0 Å². The van der Waals surface area contributed by atoms with E-state index in [9.17, 15) is 14.4 Å². The zero-order chi connectivity index (χ0) is 22.1. The van der Waals surface area contributed by atoms with Gasteiger partial charge in [-0.15, -0.1) is 0 Å². The summed E-state index contributed by atoms with van der Waals surface area (Å²) in [6.07, 6.45) is 6.54. The van der Waals surface area contributed by atoms with Gasteiger partial charge in [0.2, 0.25) is 17.7 Å². The molecule has 4 atom stereocenters. The third-order valence-corrected chi connectivity index (χ3v) is 6.92. The fourth-order valence-corrected chi connectivity index (χ4v) is 5.22. The first-order valence-electron chi connectivity index (χ1n) is 11.3.